The van der Waals surface area contributed by atoms with E-state index in [1.807, 2.05) is 62.4 Å². The van der Waals surface area contributed by atoms with Crippen LogP contribution in [0.5, 0.6) is 11.5 Å². The van der Waals surface area contributed by atoms with Crippen LogP contribution in [-0.2, 0) is 19.6 Å². The molecule has 30 heavy (non-hydrogen) atoms. The van der Waals surface area contributed by atoms with E-state index in [9.17, 15) is 4.79 Å². The zero-order valence-corrected chi connectivity index (χ0v) is 17.2. The molecule has 3 aromatic rings. The molecule has 7 heteroatoms. The minimum atomic E-state index is 0.0383. The van der Waals surface area contributed by atoms with Crippen molar-refractivity contribution in [3.8, 4) is 11.5 Å². The summed E-state index contributed by atoms with van der Waals surface area (Å²) in [6.07, 6.45) is 0.672. The molecule has 0 N–H and O–H groups in total. The Kier molecular flexibility index (Phi) is 4.67. The smallest absolute Gasteiger partial charge is 0.259 e. The Bertz CT molecular complexity index is 1140. The molecule has 1 aromatic heterocycles. The molecule has 3 heterocycles. The standard InChI is InChI=1S/C23H24N4O3/c1-3-19-16(2)24-23-26(18-7-5-4-6-8-18)13-25(14-27(23)22(19)28)12-17-9-10-20-21(11-17)30-15-29-20/h4-11H,3,12-15H2,1-2H3. The number of para-hydroxylation sites is 1. The van der Waals surface area contributed by atoms with Gasteiger partial charge in [-0.05, 0) is 43.2 Å². The third kappa shape index (κ3) is 3.21. The molecule has 0 amide bonds. The van der Waals surface area contributed by atoms with Crippen molar-refractivity contribution in [2.24, 2.45) is 0 Å². The van der Waals surface area contributed by atoms with Crippen LogP contribution in [0, 0.1) is 6.92 Å². The van der Waals surface area contributed by atoms with Crippen LogP contribution in [0.4, 0.5) is 11.6 Å². The lowest BCUT2D eigenvalue weighted by atomic mass is 10.1. The van der Waals surface area contributed by atoms with Crippen LogP contribution in [-0.4, -0.2) is 27.9 Å². The van der Waals surface area contributed by atoms with Crippen molar-refractivity contribution in [1.82, 2.24) is 14.5 Å². The molecular formula is C23H24N4O3. The lowest BCUT2D eigenvalue weighted by Crippen LogP contribution is -2.47. The van der Waals surface area contributed by atoms with Crippen LogP contribution in [0.2, 0.25) is 0 Å². The van der Waals surface area contributed by atoms with E-state index < -0.39 is 0 Å². The predicted molar refractivity (Wildman–Crippen MR) is 114 cm³/mol. The molecule has 2 aliphatic rings. The molecule has 0 spiro atoms. The molecule has 0 saturated carbocycles. The second kappa shape index (κ2) is 7.50. The van der Waals surface area contributed by atoms with Gasteiger partial charge in [-0.1, -0.05) is 31.2 Å². The molecule has 0 fully saturated rings. The number of aromatic nitrogens is 2. The van der Waals surface area contributed by atoms with Gasteiger partial charge in [-0.25, -0.2) is 4.98 Å². The van der Waals surface area contributed by atoms with Crippen molar-refractivity contribution in [2.45, 2.75) is 33.5 Å². The van der Waals surface area contributed by atoms with E-state index in [-0.39, 0.29) is 12.4 Å². The molecule has 2 aliphatic heterocycles. The van der Waals surface area contributed by atoms with Crippen LogP contribution in [0.15, 0.2) is 53.3 Å². The van der Waals surface area contributed by atoms with Crippen LogP contribution < -0.4 is 19.9 Å². The van der Waals surface area contributed by atoms with E-state index in [0.29, 0.717) is 32.3 Å². The average Bonchev–Trinajstić information content (AvgIpc) is 3.23. The predicted octanol–water partition coefficient (Wildman–Crippen LogP) is 3.41. The van der Waals surface area contributed by atoms with Crippen LogP contribution in [0.25, 0.3) is 0 Å². The van der Waals surface area contributed by atoms with Crippen LogP contribution >= 0.6 is 0 Å². The van der Waals surface area contributed by atoms with Gasteiger partial charge in [0.15, 0.2) is 11.5 Å². The average molecular weight is 404 g/mol. The Balaban J connectivity index is 1.54. The van der Waals surface area contributed by atoms with Gasteiger partial charge in [-0.2, -0.15) is 0 Å². The molecule has 154 valence electrons. The summed E-state index contributed by atoms with van der Waals surface area (Å²) in [5, 5.41) is 0. The van der Waals surface area contributed by atoms with Crippen LogP contribution in [0.3, 0.4) is 0 Å². The van der Waals surface area contributed by atoms with Crippen molar-refractivity contribution in [3.63, 3.8) is 0 Å². The molecule has 0 bridgehead atoms. The largest absolute Gasteiger partial charge is 0.454 e. The maximum Gasteiger partial charge on any atom is 0.259 e. The van der Waals surface area contributed by atoms with Crippen molar-refractivity contribution in [2.75, 3.05) is 18.4 Å². The first-order valence-electron chi connectivity index (χ1n) is 10.2. The SMILES string of the molecule is CCc1c(C)nc2n(c1=O)CN(Cc1ccc3c(c1)OCO3)CN2c1ccccc1. The van der Waals surface area contributed by atoms with Gasteiger partial charge in [-0.15, -0.1) is 0 Å². The van der Waals surface area contributed by atoms with E-state index in [1.54, 1.807) is 4.57 Å². The van der Waals surface area contributed by atoms with E-state index >= 15 is 0 Å². The molecule has 2 aromatic carbocycles. The second-order valence-electron chi connectivity index (χ2n) is 7.63. The van der Waals surface area contributed by atoms with Gasteiger partial charge in [0, 0.05) is 23.5 Å². The van der Waals surface area contributed by atoms with Crippen LogP contribution in [0.1, 0.15) is 23.7 Å². The molecule has 5 rings (SSSR count). The number of aryl methyl sites for hydroxylation is 1. The normalized spacial score (nSPS) is 15.3. The summed E-state index contributed by atoms with van der Waals surface area (Å²) in [6.45, 7) is 5.99. The summed E-state index contributed by atoms with van der Waals surface area (Å²) in [5.41, 5.74) is 3.74. The van der Waals surface area contributed by atoms with Gasteiger partial charge in [-0.3, -0.25) is 19.2 Å². The quantitative estimate of drug-likeness (QED) is 0.664. The zero-order valence-electron chi connectivity index (χ0n) is 17.2. The summed E-state index contributed by atoms with van der Waals surface area (Å²) in [6, 6.07) is 16.1. The molecule has 0 aliphatic carbocycles. The Morgan fingerprint density at radius 3 is 2.63 bits per heavy atom. The fourth-order valence-electron chi connectivity index (χ4n) is 4.14. The number of anilines is 2. The van der Waals surface area contributed by atoms with Gasteiger partial charge < -0.3 is 9.47 Å². The van der Waals surface area contributed by atoms with E-state index in [1.165, 1.54) is 0 Å². The van der Waals surface area contributed by atoms with Gasteiger partial charge in [0.2, 0.25) is 12.7 Å². The number of rotatable bonds is 4. The maximum absolute atomic E-state index is 13.2. The summed E-state index contributed by atoms with van der Waals surface area (Å²) >= 11 is 0. The Morgan fingerprint density at radius 1 is 1.03 bits per heavy atom. The highest BCUT2D eigenvalue weighted by molar-refractivity contribution is 5.58. The molecule has 0 saturated heterocycles. The van der Waals surface area contributed by atoms with Crippen molar-refractivity contribution < 1.29 is 9.47 Å². The minimum absolute atomic E-state index is 0.0383. The third-order valence-corrected chi connectivity index (χ3v) is 5.64. The summed E-state index contributed by atoms with van der Waals surface area (Å²) < 4.78 is 12.7. The Labute approximate surface area is 175 Å². The highest BCUT2D eigenvalue weighted by Crippen LogP contribution is 2.34. The summed E-state index contributed by atoms with van der Waals surface area (Å²) in [4.78, 5) is 22.4. The number of fused-ring (bicyclic) bond motifs is 2. The van der Waals surface area contributed by atoms with Crippen molar-refractivity contribution in [3.05, 3.63) is 75.7 Å². The molecular weight excluding hydrogens is 380 g/mol. The van der Waals surface area contributed by atoms with Gasteiger partial charge in [0.25, 0.3) is 5.56 Å². The fraction of sp³-hybridized carbons (Fsp3) is 0.304. The number of hydrogen-bond donors (Lipinski definition) is 0. The maximum atomic E-state index is 13.2. The highest BCUT2D eigenvalue weighted by atomic mass is 16.7. The second-order valence-corrected chi connectivity index (χ2v) is 7.63. The first-order valence-corrected chi connectivity index (χ1v) is 10.2. The van der Waals surface area contributed by atoms with E-state index in [2.05, 4.69) is 9.80 Å². The van der Waals surface area contributed by atoms with Crippen molar-refractivity contribution in [1.29, 1.82) is 0 Å². The van der Waals surface area contributed by atoms with E-state index in [0.717, 1.165) is 34.0 Å². The first-order chi connectivity index (χ1) is 14.6. The molecule has 0 atom stereocenters. The number of nitrogens with zero attached hydrogens (tertiary/aromatic N) is 4. The first kappa shape index (κ1) is 18.7. The third-order valence-electron chi connectivity index (χ3n) is 5.64. The monoisotopic (exact) mass is 404 g/mol. The number of benzene rings is 2. The minimum Gasteiger partial charge on any atom is -0.454 e. The Hall–Kier alpha value is -3.32. The zero-order chi connectivity index (χ0) is 20.7. The number of hydrogen-bond acceptors (Lipinski definition) is 6. The van der Waals surface area contributed by atoms with E-state index in [4.69, 9.17) is 14.5 Å². The molecule has 7 nitrogen and oxygen atoms in total. The highest BCUT2D eigenvalue weighted by Gasteiger charge is 2.28. The van der Waals surface area contributed by atoms with Gasteiger partial charge in [0.05, 0.1) is 13.3 Å². The molecule has 0 unspecified atom stereocenters. The summed E-state index contributed by atoms with van der Waals surface area (Å²) in [7, 11) is 0. The summed E-state index contributed by atoms with van der Waals surface area (Å²) in [5.74, 6) is 2.24. The number of ether oxygens (including phenoxy) is 2. The fourth-order valence-corrected chi connectivity index (χ4v) is 4.14. The lowest BCUT2D eigenvalue weighted by Gasteiger charge is -2.38. The van der Waals surface area contributed by atoms with Crippen molar-refractivity contribution >= 4 is 11.6 Å². The Morgan fingerprint density at radius 2 is 1.83 bits per heavy atom. The van der Waals surface area contributed by atoms with Gasteiger partial charge in [0.1, 0.15) is 0 Å². The topological polar surface area (TPSA) is 59.8 Å². The molecule has 0 radical (unpaired) electrons. The van der Waals surface area contributed by atoms with Gasteiger partial charge >= 0.3 is 0 Å². The lowest BCUT2D eigenvalue weighted by molar-refractivity contribution is 0.173.